The Bertz CT molecular complexity index is 1420. The summed E-state index contributed by atoms with van der Waals surface area (Å²) in [5.41, 5.74) is -0.936. The molecule has 4 rings (SSSR count). The summed E-state index contributed by atoms with van der Waals surface area (Å²) in [6.07, 6.45) is 3.55. The van der Waals surface area contributed by atoms with E-state index in [0.717, 1.165) is 18.3 Å². The molecule has 0 saturated heterocycles. The van der Waals surface area contributed by atoms with Gasteiger partial charge >= 0.3 is 12.6 Å². The van der Waals surface area contributed by atoms with Crippen LogP contribution in [0.15, 0.2) is 54.7 Å². The smallest absolute Gasteiger partial charge is 0.387 e. The van der Waals surface area contributed by atoms with Crippen molar-refractivity contribution in [3.63, 3.8) is 0 Å². The fourth-order valence-electron chi connectivity index (χ4n) is 5.06. The van der Waals surface area contributed by atoms with Gasteiger partial charge in [0.05, 0.1) is 27.3 Å². The van der Waals surface area contributed by atoms with Crippen LogP contribution < -0.4 is 14.8 Å². The van der Waals surface area contributed by atoms with Gasteiger partial charge in [-0.1, -0.05) is 11.6 Å². The van der Waals surface area contributed by atoms with Crippen molar-refractivity contribution in [2.75, 3.05) is 5.32 Å². The van der Waals surface area contributed by atoms with E-state index in [0.29, 0.717) is 36.1 Å². The molecule has 1 aliphatic carbocycles. The topological polar surface area (TPSA) is 123 Å². The zero-order valence-corrected chi connectivity index (χ0v) is 22.7. The van der Waals surface area contributed by atoms with Crippen molar-refractivity contribution < 1.29 is 42.4 Å². The van der Waals surface area contributed by atoms with Gasteiger partial charge in [-0.15, -0.1) is 0 Å². The van der Waals surface area contributed by atoms with Crippen LogP contribution >= 0.6 is 11.6 Å². The number of aromatic nitrogens is 1. The fraction of sp³-hybridized carbons (Fsp3) is 0.345. The lowest BCUT2D eigenvalue weighted by atomic mass is 9.75. The third-order valence-electron chi connectivity index (χ3n) is 7.33. The Balaban J connectivity index is 1.68. The predicted molar refractivity (Wildman–Crippen MR) is 144 cm³/mol. The maximum Gasteiger partial charge on any atom is 0.387 e. The number of anilines is 1. The fourth-order valence-corrected chi connectivity index (χ4v) is 5.22. The third kappa shape index (κ3) is 7.28. The van der Waals surface area contributed by atoms with Crippen LogP contribution in [0, 0.1) is 16.9 Å². The van der Waals surface area contributed by atoms with Gasteiger partial charge in [0.25, 0.3) is 0 Å². The predicted octanol–water partition coefficient (Wildman–Crippen LogP) is 6.13. The summed E-state index contributed by atoms with van der Waals surface area (Å²) in [5.74, 6) is -4.18. The van der Waals surface area contributed by atoms with E-state index in [9.17, 15) is 33.1 Å². The van der Waals surface area contributed by atoms with Crippen molar-refractivity contribution in [3.8, 4) is 16.9 Å². The summed E-state index contributed by atoms with van der Waals surface area (Å²) in [6.45, 7) is -1.50. The summed E-state index contributed by atoms with van der Waals surface area (Å²) in [4.78, 5) is 24.7. The van der Waals surface area contributed by atoms with E-state index in [1.807, 2.05) is 0 Å². The van der Waals surface area contributed by atoms with Crippen molar-refractivity contribution in [2.24, 2.45) is 5.92 Å². The molecule has 1 aliphatic rings. The minimum atomic E-state index is -3.25. The Morgan fingerprint density at radius 2 is 1.80 bits per heavy atom. The molecule has 0 bridgehead atoms. The van der Waals surface area contributed by atoms with E-state index in [1.165, 1.54) is 36.4 Å². The Labute approximate surface area is 238 Å². The van der Waals surface area contributed by atoms with Crippen molar-refractivity contribution in [1.82, 2.24) is 0 Å². The van der Waals surface area contributed by atoms with E-state index in [1.54, 1.807) is 6.92 Å². The number of rotatable bonds is 9. The highest BCUT2D eigenvalue weighted by molar-refractivity contribution is 6.31. The Morgan fingerprint density at radius 3 is 2.39 bits per heavy atom. The first-order valence-corrected chi connectivity index (χ1v) is 13.3. The van der Waals surface area contributed by atoms with E-state index in [4.69, 9.17) is 16.7 Å². The number of carboxylic acids is 1. The number of amides is 1. The van der Waals surface area contributed by atoms with Crippen molar-refractivity contribution in [2.45, 2.75) is 57.2 Å². The number of alkyl halides is 2. The molecule has 12 heteroatoms. The van der Waals surface area contributed by atoms with Crippen molar-refractivity contribution >= 4 is 29.2 Å². The first-order chi connectivity index (χ1) is 19.3. The number of halogens is 4. The molecule has 3 aromatic rings. The minimum absolute atomic E-state index is 0.0106. The van der Waals surface area contributed by atoms with Gasteiger partial charge in [0.15, 0.2) is 12.0 Å². The number of aromatic carboxylic acids is 1. The summed E-state index contributed by atoms with van der Waals surface area (Å²) in [5, 5.41) is 35.1. The third-order valence-corrected chi connectivity index (χ3v) is 7.62. The molecule has 1 amide bonds. The monoisotopic (exact) mass is 592 g/mol. The second-order valence-corrected chi connectivity index (χ2v) is 10.8. The van der Waals surface area contributed by atoms with E-state index < -0.39 is 47.1 Å². The first-order valence-electron chi connectivity index (χ1n) is 12.9. The lowest BCUT2D eigenvalue weighted by Crippen LogP contribution is -2.39. The highest BCUT2D eigenvalue weighted by Gasteiger charge is 2.35. The van der Waals surface area contributed by atoms with E-state index >= 15 is 0 Å². The quantitative estimate of drug-likeness (QED) is 0.203. The SMILES string of the molecule is CC1(O)CCC(C[C@H](C(=O)Nc2ccc(C(=O)O)cc2)c2ccc(-c3c(OC(F)F)ccc(Cl)c3F)c[n+]2[O-])CC1. The highest BCUT2D eigenvalue weighted by Crippen LogP contribution is 2.39. The number of nitrogens with zero attached hydrogens (tertiary/aromatic N) is 1. The normalized spacial score (nSPS) is 19.5. The zero-order chi connectivity index (χ0) is 29.9. The first kappa shape index (κ1) is 30.1. The standard InChI is InChI=1S/C29H28ClF3N2O6/c1-29(39)12-10-16(11-13-29)14-20(26(36)34-19-5-2-17(3-6-19)27(37)38)22-8-4-18(15-35(22)40)24-23(41-28(32)33)9-7-21(30)25(24)31/h2-9,15-16,20,28,39H,10-14H2,1H3,(H,34,36)(H,37,38)/t16?,20-,29?/m0/s1. The van der Waals surface area contributed by atoms with Crippen LogP contribution in [0.1, 0.15) is 61.0 Å². The van der Waals surface area contributed by atoms with Crippen LogP contribution in [0.5, 0.6) is 5.75 Å². The molecule has 0 unspecified atom stereocenters. The molecular formula is C29H28ClF3N2O6. The number of pyridine rings is 1. The van der Waals surface area contributed by atoms with Gasteiger partial charge in [0.2, 0.25) is 11.6 Å². The molecule has 8 nitrogen and oxygen atoms in total. The summed E-state index contributed by atoms with van der Waals surface area (Å²) >= 11 is 5.86. The van der Waals surface area contributed by atoms with Crippen LogP contribution in [0.4, 0.5) is 18.9 Å². The van der Waals surface area contributed by atoms with E-state index in [-0.39, 0.29) is 34.2 Å². The number of hydrogen-bond acceptors (Lipinski definition) is 5. The van der Waals surface area contributed by atoms with Gasteiger partial charge in [0.1, 0.15) is 11.7 Å². The number of benzene rings is 2. The molecule has 218 valence electrons. The molecule has 0 aliphatic heterocycles. The number of carbonyl (C=O) groups excluding carboxylic acids is 1. The number of nitrogens with one attached hydrogen (secondary N) is 1. The van der Waals surface area contributed by atoms with Crippen molar-refractivity contribution in [1.29, 1.82) is 0 Å². The van der Waals surface area contributed by atoms with Crippen LogP contribution in [-0.4, -0.2) is 34.3 Å². The second-order valence-electron chi connectivity index (χ2n) is 10.4. The molecule has 0 radical (unpaired) electrons. The van der Waals surface area contributed by atoms with Gasteiger partial charge in [-0.3, -0.25) is 4.79 Å². The lowest BCUT2D eigenvalue weighted by Gasteiger charge is -2.34. The molecule has 1 atom stereocenters. The Hall–Kier alpha value is -3.83. The maximum atomic E-state index is 14.9. The molecule has 1 saturated carbocycles. The molecular weight excluding hydrogens is 565 g/mol. The number of aliphatic hydroxyl groups is 1. The van der Waals surface area contributed by atoms with Crippen molar-refractivity contribution in [3.05, 3.63) is 82.0 Å². The largest absolute Gasteiger partial charge is 0.618 e. The second kappa shape index (κ2) is 12.4. The van der Waals surface area contributed by atoms with Gasteiger partial charge in [0, 0.05) is 11.8 Å². The number of ether oxygens (including phenoxy) is 1. The van der Waals surface area contributed by atoms with Crippen LogP contribution in [-0.2, 0) is 4.79 Å². The van der Waals surface area contributed by atoms with Crippen LogP contribution in [0.2, 0.25) is 5.02 Å². The minimum Gasteiger partial charge on any atom is -0.618 e. The van der Waals surface area contributed by atoms with E-state index in [2.05, 4.69) is 10.1 Å². The van der Waals surface area contributed by atoms with Gasteiger partial charge in [-0.25, -0.2) is 9.18 Å². The molecule has 1 aromatic heterocycles. The summed E-state index contributed by atoms with van der Waals surface area (Å²) in [6, 6.07) is 10.3. The molecule has 41 heavy (non-hydrogen) atoms. The van der Waals surface area contributed by atoms with Gasteiger partial charge in [-0.05, 0) is 87.4 Å². The van der Waals surface area contributed by atoms with Crippen LogP contribution in [0.3, 0.4) is 0 Å². The highest BCUT2D eigenvalue weighted by atomic mass is 35.5. The molecule has 2 aromatic carbocycles. The number of carbonyl (C=O) groups is 2. The molecule has 0 spiro atoms. The molecule has 1 fully saturated rings. The Kier molecular flexibility index (Phi) is 9.08. The lowest BCUT2D eigenvalue weighted by molar-refractivity contribution is -0.614. The van der Waals surface area contributed by atoms with Crippen LogP contribution in [0.25, 0.3) is 11.1 Å². The Morgan fingerprint density at radius 1 is 1.15 bits per heavy atom. The molecule has 1 heterocycles. The van der Waals surface area contributed by atoms with Gasteiger partial charge < -0.3 is 25.5 Å². The maximum absolute atomic E-state index is 14.9. The summed E-state index contributed by atoms with van der Waals surface area (Å²) in [7, 11) is 0. The number of hydrogen-bond donors (Lipinski definition) is 3. The van der Waals surface area contributed by atoms with Gasteiger partial charge in [-0.2, -0.15) is 13.5 Å². The average Bonchev–Trinajstić information content (AvgIpc) is 2.90. The summed E-state index contributed by atoms with van der Waals surface area (Å²) < 4.78 is 45.7. The average molecular weight is 593 g/mol. The zero-order valence-electron chi connectivity index (χ0n) is 22.0. The molecule has 3 N–H and O–H groups in total. The number of carboxylic acid groups (broad SMARTS) is 1.